The molecule has 0 atom stereocenters. The van der Waals surface area contributed by atoms with Crippen molar-refractivity contribution in [3.8, 4) is 0 Å². The molecule has 128 valence electrons. The lowest BCUT2D eigenvalue weighted by Crippen LogP contribution is -2.50. The second-order valence-electron chi connectivity index (χ2n) is 6.89. The van der Waals surface area contributed by atoms with Crippen LogP contribution in [-0.2, 0) is 11.3 Å². The molecule has 8 nitrogen and oxygen atoms in total. The van der Waals surface area contributed by atoms with E-state index in [2.05, 4.69) is 20.5 Å². The van der Waals surface area contributed by atoms with Crippen molar-refractivity contribution in [1.82, 2.24) is 34.9 Å². The number of hydrogen-bond acceptors (Lipinski definition) is 5. The van der Waals surface area contributed by atoms with Crippen molar-refractivity contribution in [2.45, 2.75) is 51.1 Å². The second kappa shape index (κ2) is 6.70. The Bertz CT molecular complexity index is 668. The lowest BCUT2D eigenvalue weighted by Gasteiger charge is -2.39. The average molecular weight is 329 g/mol. The van der Waals surface area contributed by atoms with Crippen molar-refractivity contribution in [3.63, 3.8) is 0 Å². The molecule has 8 heteroatoms. The summed E-state index contributed by atoms with van der Waals surface area (Å²) in [7, 11) is 0. The van der Waals surface area contributed by atoms with E-state index >= 15 is 0 Å². The van der Waals surface area contributed by atoms with Gasteiger partial charge in [-0.3, -0.25) is 4.79 Å². The number of likely N-dealkylation sites (tertiary alicyclic amines) is 1. The third kappa shape index (κ3) is 3.32. The Morgan fingerprint density at radius 3 is 2.67 bits per heavy atom. The molecule has 1 amide bonds. The minimum Gasteiger partial charge on any atom is -0.338 e. The minimum atomic E-state index is 0.243. The van der Waals surface area contributed by atoms with Gasteiger partial charge < -0.3 is 4.90 Å². The lowest BCUT2D eigenvalue weighted by molar-refractivity contribution is -0.137. The molecule has 1 aliphatic heterocycles. The Hall–Kier alpha value is -2.25. The molecule has 24 heavy (non-hydrogen) atoms. The third-order valence-electron chi connectivity index (χ3n) is 5.16. The summed E-state index contributed by atoms with van der Waals surface area (Å²) in [5.41, 5.74) is 0.831. The van der Waals surface area contributed by atoms with Crippen LogP contribution < -0.4 is 0 Å². The summed E-state index contributed by atoms with van der Waals surface area (Å²) in [5, 5.41) is 16.5. The van der Waals surface area contributed by atoms with E-state index in [0.29, 0.717) is 18.9 Å². The highest BCUT2D eigenvalue weighted by atomic mass is 16.2. The maximum Gasteiger partial charge on any atom is 0.222 e. The molecule has 1 aliphatic carbocycles. The summed E-state index contributed by atoms with van der Waals surface area (Å²) in [6, 6.07) is 0.243. The predicted molar refractivity (Wildman–Crippen MR) is 86.0 cm³/mol. The van der Waals surface area contributed by atoms with Crippen LogP contribution in [0.1, 0.15) is 50.3 Å². The molecule has 1 saturated heterocycles. The van der Waals surface area contributed by atoms with Gasteiger partial charge in [-0.2, -0.15) is 15.0 Å². The molecule has 0 unspecified atom stereocenters. The first kappa shape index (κ1) is 15.3. The van der Waals surface area contributed by atoms with Crippen molar-refractivity contribution in [2.75, 3.05) is 13.1 Å². The molecule has 3 heterocycles. The summed E-state index contributed by atoms with van der Waals surface area (Å²) in [6.45, 7) is 2.00. The van der Waals surface area contributed by atoms with Gasteiger partial charge in [0, 0.05) is 19.5 Å². The van der Waals surface area contributed by atoms with E-state index in [4.69, 9.17) is 0 Å². The van der Waals surface area contributed by atoms with E-state index in [1.165, 1.54) is 25.7 Å². The SMILES string of the molecule is O=C(CCC1CCCC1)N1CC(n2cc(Cn3nccn3)nn2)C1. The van der Waals surface area contributed by atoms with Gasteiger partial charge in [-0.25, -0.2) is 4.68 Å². The van der Waals surface area contributed by atoms with Crippen molar-refractivity contribution in [3.05, 3.63) is 24.3 Å². The van der Waals surface area contributed by atoms with Crippen LogP contribution in [0, 0.1) is 5.92 Å². The third-order valence-corrected chi connectivity index (χ3v) is 5.16. The number of nitrogens with zero attached hydrogens (tertiary/aromatic N) is 7. The Kier molecular flexibility index (Phi) is 4.27. The molecule has 0 bridgehead atoms. The molecule has 0 aromatic carbocycles. The Morgan fingerprint density at radius 1 is 1.17 bits per heavy atom. The maximum atomic E-state index is 12.2. The highest BCUT2D eigenvalue weighted by molar-refractivity contribution is 5.77. The highest BCUT2D eigenvalue weighted by Crippen LogP contribution is 2.29. The number of carbonyl (C=O) groups is 1. The van der Waals surface area contributed by atoms with Crippen molar-refractivity contribution in [2.24, 2.45) is 5.92 Å². The Labute approximate surface area is 140 Å². The molecule has 2 aromatic rings. The highest BCUT2D eigenvalue weighted by Gasteiger charge is 2.32. The molecular formula is C16H23N7O. The van der Waals surface area contributed by atoms with Crippen LogP contribution in [0.4, 0.5) is 0 Å². The first-order chi connectivity index (χ1) is 11.8. The lowest BCUT2D eigenvalue weighted by atomic mass is 10.00. The van der Waals surface area contributed by atoms with Gasteiger partial charge in [0.15, 0.2) is 0 Å². The molecule has 0 spiro atoms. The standard InChI is InChI=1S/C16H23N7O/c24-16(6-5-13-3-1-2-4-13)21-11-15(12-21)22-9-14(19-20-22)10-23-17-7-8-18-23/h7-9,13,15H,1-6,10-12H2. The van der Waals surface area contributed by atoms with E-state index in [1.807, 2.05) is 15.8 Å². The summed E-state index contributed by atoms with van der Waals surface area (Å²) in [5.74, 6) is 1.07. The van der Waals surface area contributed by atoms with Crippen molar-refractivity contribution < 1.29 is 4.79 Å². The van der Waals surface area contributed by atoms with Crippen LogP contribution in [0.5, 0.6) is 0 Å². The molecule has 2 aromatic heterocycles. The van der Waals surface area contributed by atoms with Crippen LogP contribution in [0.3, 0.4) is 0 Å². The van der Waals surface area contributed by atoms with Gasteiger partial charge in [-0.05, 0) is 12.3 Å². The number of rotatable bonds is 6. The normalized spacial score (nSPS) is 18.9. The molecule has 0 N–H and O–H groups in total. The zero-order chi connectivity index (χ0) is 16.4. The van der Waals surface area contributed by atoms with E-state index in [1.54, 1.807) is 17.2 Å². The van der Waals surface area contributed by atoms with Crippen molar-refractivity contribution in [1.29, 1.82) is 0 Å². The largest absolute Gasteiger partial charge is 0.338 e. The van der Waals surface area contributed by atoms with E-state index < -0.39 is 0 Å². The van der Waals surface area contributed by atoms with Gasteiger partial charge in [-0.15, -0.1) is 5.10 Å². The van der Waals surface area contributed by atoms with Gasteiger partial charge in [0.1, 0.15) is 12.2 Å². The van der Waals surface area contributed by atoms with Gasteiger partial charge in [0.05, 0.1) is 24.6 Å². The quantitative estimate of drug-likeness (QED) is 0.797. The second-order valence-corrected chi connectivity index (χ2v) is 6.89. The fraction of sp³-hybridized carbons (Fsp3) is 0.688. The Balaban J connectivity index is 1.23. The Morgan fingerprint density at radius 2 is 1.92 bits per heavy atom. The molecule has 2 aliphatic rings. The van der Waals surface area contributed by atoms with Crippen molar-refractivity contribution >= 4 is 5.91 Å². The van der Waals surface area contributed by atoms with E-state index in [-0.39, 0.29) is 6.04 Å². The summed E-state index contributed by atoms with van der Waals surface area (Å²) in [6.07, 6.45) is 12.3. The number of carbonyl (C=O) groups excluding carboxylic acids is 1. The molecule has 0 radical (unpaired) electrons. The summed E-state index contributed by atoms with van der Waals surface area (Å²) in [4.78, 5) is 15.8. The molecule has 2 fully saturated rings. The van der Waals surface area contributed by atoms with Gasteiger partial charge in [0.25, 0.3) is 0 Å². The molecular weight excluding hydrogens is 306 g/mol. The average Bonchev–Trinajstić information content (AvgIpc) is 3.27. The fourth-order valence-electron chi connectivity index (χ4n) is 3.65. The molecule has 1 saturated carbocycles. The van der Waals surface area contributed by atoms with E-state index in [9.17, 15) is 4.79 Å². The summed E-state index contributed by atoms with van der Waals surface area (Å²) < 4.78 is 1.86. The number of aromatic nitrogens is 6. The van der Waals surface area contributed by atoms with Gasteiger partial charge in [-0.1, -0.05) is 30.9 Å². The topological polar surface area (TPSA) is 81.7 Å². The zero-order valence-corrected chi connectivity index (χ0v) is 13.8. The van der Waals surface area contributed by atoms with Crippen LogP contribution in [0.25, 0.3) is 0 Å². The molecule has 4 rings (SSSR count). The van der Waals surface area contributed by atoms with Gasteiger partial charge >= 0.3 is 0 Å². The number of amides is 1. The fourth-order valence-corrected chi connectivity index (χ4v) is 3.65. The minimum absolute atomic E-state index is 0.243. The van der Waals surface area contributed by atoms with Crippen LogP contribution in [-0.4, -0.2) is 53.9 Å². The first-order valence-electron chi connectivity index (χ1n) is 8.80. The van der Waals surface area contributed by atoms with Crippen LogP contribution in [0.15, 0.2) is 18.6 Å². The zero-order valence-electron chi connectivity index (χ0n) is 13.8. The smallest absolute Gasteiger partial charge is 0.222 e. The summed E-state index contributed by atoms with van der Waals surface area (Å²) >= 11 is 0. The van der Waals surface area contributed by atoms with Gasteiger partial charge in [0.2, 0.25) is 5.91 Å². The first-order valence-corrected chi connectivity index (χ1v) is 8.80. The van der Waals surface area contributed by atoms with E-state index in [0.717, 1.165) is 31.1 Å². The maximum absolute atomic E-state index is 12.2. The van der Waals surface area contributed by atoms with Crippen LogP contribution in [0.2, 0.25) is 0 Å². The number of hydrogen-bond donors (Lipinski definition) is 0. The van der Waals surface area contributed by atoms with Crippen LogP contribution >= 0.6 is 0 Å². The predicted octanol–water partition coefficient (Wildman–Crippen LogP) is 1.27. The monoisotopic (exact) mass is 329 g/mol.